The molecular weight excluding hydrogens is 378 g/mol. The summed E-state index contributed by atoms with van der Waals surface area (Å²) in [5, 5.41) is 10.9. The van der Waals surface area contributed by atoms with Crippen LogP contribution in [0.4, 0.5) is 0 Å². The average molecular weight is 403 g/mol. The van der Waals surface area contributed by atoms with Gasteiger partial charge in [-0.25, -0.2) is 0 Å². The van der Waals surface area contributed by atoms with Crippen molar-refractivity contribution in [2.75, 3.05) is 54.4 Å². The molecular formula is C21H25NO7. The molecule has 0 spiro atoms. The van der Waals surface area contributed by atoms with Crippen molar-refractivity contribution in [1.29, 1.82) is 0 Å². The first kappa shape index (κ1) is 19.5. The Bertz CT molecular complexity index is 855. The lowest BCUT2D eigenvalue weighted by Gasteiger charge is -2.36. The standard InChI is InChI=1S/C21H25NO7/c1-24-13-8-18(25-2)20(19(9-13)26-3)21(22-4-6-27-7-5-22)14-10-16-17(11-15(14)23)29-12-28-16/h8-11,21,23H,4-7,12H2,1-3H3/t21-/m0/s1. The third-order valence-corrected chi connectivity index (χ3v) is 5.25. The maximum absolute atomic E-state index is 10.9. The van der Waals surface area contributed by atoms with Gasteiger partial charge in [0.15, 0.2) is 11.5 Å². The third-order valence-electron chi connectivity index (χ3n) is 5.25. The number of rotatable bonds is 6. The summed E-state index contributed by atoms with van der Waals surface area (Å²) in [4.78, 5) is 2.23. The van der Waals surface area contributed by atoms with Gasteiger partial charge in [0.05, 0.1) is 46.1 Å². The van der Waals surface area contributed by atoms with Gasteiger partial charge in [-0.2, -0.15) is 0 Å². The van der Waals surface area contributed by atoms with Crippen molar-refractivity contribution in [3.63, 3.8) is 0 Å². The number of hydrogen-bond donors (Lipinski definition) is 1. The lowest BCUT2D eigenvalue weighted by molar-refractivity contribution is 0.0227. The third kappa shape index (κ3) is 3.61. The normalized spacial score (nSPS) is 17.1. The topological polar surface area (TPSA) is 78.9 Å². The van der Waals surface area contributed by atoms with Crippen LogP contribution in [-0.4, -0.2) is 64.4 Å². The second kappa shape index (κ2) is 8.26. The Balaban J connectivity index is 1.91. The fraction of sp³-hybridized carbons (Fsp3) is 0.429. The molecule has 29 heavy (non-hydrogen) atoms. The molecule has 0 radical (unpaired) electrons. The minimum absolute atomic E-state index is 0.116. The van der Waals surface area contributed by atoms with Gasteiger partial charge < -0.3 is 33.5 Å². The number of ether oxygens (including phenoxy) is 6. The second-order valence-electron chi connectivity index (χ2n) is 6.76. The average Bonchev–Trinajstić information content (AvgIpc) is 3.21. The molecule has 2 aromatic rings. The quantitative estimate of drug-likeness (QED) is 0.789. The van der Waals surface area contributed by atoms with Crippen molar-refractivity contribution >= 4 is 0 Å². The summed E-state index contributed by atoms with van der Waals surface area (Å²) in [5.74, 6) is 3.08. The Labute approximate surface area is 169 Å². The predicted octanol–water partition coefficient (Wildman–Crippen LogP) is 2.57. The van der Waals surface area contributed by atoms with Crippen LogP contribution < -0.4 is 23.7 Å². The van der Waals surface area contributed by atoms with E-state index in [1.165, 1.54) is 0 Å². The SMILES string of the molecule is COc1cc(OC)c([C@H](c2cc3c(cc2O)OCO3)N2CCOCC2)c(OC)c1. The molecule has 1 fully saturated rings. The van der Waals surface area contributed by atoms with E-state index >= 15 is 0 Å². The van der Waals surface area contributed by atoms with Crippen LogP contribution in [-0.2, 0) is 4.74 Å². The van der Waals surface area contributed by atoms with Crippen molar-refractivity contribution < 1.29 is 33.5 Å². The van der Waals surface area contributed by atoms with Gasteiger partial charge in [-0.1, -0.05) is 0 Å². The van der Waals surface area contributed by atoms with E-state index in [9.17, 15) is 5.11 Å². The number of benzene rings is 2. The molecule has 1 saturated heterocycles. The number of nitrogens with zero attached hydrogens (tertiary/aromatic N) is 1. The van der Waals surface area contributed by atoms with E-state index in [0.717, 1.165) is 5.56 Å². The first-order chi connectivity index (χ1) is 14.2. The highest BCUT2D eigenvalue weighted by molar-refractivity contribution is 5.59. The van der Waals surface area contributed by atoms with E-state index in [1.807, 2.05) is 18.2 Å². The number of aromatic hydroxyl groups is 1. The largest absolute Gasteiger partial charge is 0.507 e. The molecule has 2 aromatic carbocycles. The minimum Gasteiger partial charge on any atom is -0.507 e. The molecule has 156 valence electrons. The summed E-state index contributed by atoms with van der Waals surface area (Å²) < 4.78 is 33.3. The van der Waals surface area contributed by atoms with Gasteiger partial charge >= 0.3 is 0 Å². The molecule has 0 aromatic heterocycles. The van der Waals surface area contributed by atoms with Gasteiger partial charge in [-0.05, 0) is 6.07 Å². The van der Waals surface area contributed by atoms with Gasteiger partial charge in [0.1, 0.15) is 23.0 Å². The van der Waals surface area contributed by atoms with Gasteiger partial charge in [0.25, 0.3) is 0 Å². The molecule has 1 N–H and O–H groups in total. The second-order valence-corrected chi connectivity index (χ2v) is 6.76. The molecule has 2 aliphatic heterocycles. The molecule has 8 nitrogen and oxygen atoms in total. The number of phenolic OH excluding ortho intramolecular Hbond substituents is 1. The first-order valence-corrected chi connectivity index (χ1v) is 9.40. The van der Waals surface area contributed by atoms with Crippen molar-refractivity contribution in [1.82, 2.24) is 4.90 Å². The van der Waals surface area contributed by atoms with Crippen molar-refractivity contribution in [3.05, 3.63) is 35.4 Å². The van der Waals surface area contributed by atoms with Crippen molar-refractivity contribution in [2.45, 2.75) is 6.04 Å². The molecule has 1 atom stereocenters. The molecule has 0 saturated carbocycles. The van der Waals surface area contributed by atoms with Crippen LogP contribution in [0.25, 0.3) is 0 Å². The smallest absolute Gasteiger partial charge is 0.231 e. The Morgan fingerprint density at radius 2 is 1.52 bits per heavy atom. The molecule has 0 bridgehead atoms. The zero-order chi connectivity index (χ0) is 20.4. The van der Waals surface area contributed by atoms with E-state index in [-0.39, 0.29) is 18.6 Å². The van der Waals surface area contributed by atoms with Gasteiger partial charge in [-0.3, -0.25) is 4.90 Å². The fourth-order valence-corrected chi connectivity index (χ4v) is 3.84. The minimum atomic E-state index is -0.343. The lowest BCUT2D eigenvalue weighted by atomic mass is 9.93. The van der Waals surface area contributed by atoms with Crippen LogP contribution in [0.1, 0.15) is 17.2 Å². The van der Waals surface area contributed by atoms with Crippen molar-refractivity contribution in [2.24, 2.45) is 0 Å². The van der Waals surface area contributed by atoms with Crippen LogP contribution in [0, 0.1) is 0 Å². The van der Waals surface area contributed by atoms with Crippen LogP contribution in [0.5, 0.6) is 34.5 Å². The van der Waals surface area contributed by atoms with E-state index in [1.54, 1.807) is 27.4 Å². The van der Waals surface area contributed by atoms with E-state index in [4.69, 9.17) is 28.4 Å². The Kier molecular flexibility index (Phi) is 5.55. The highest BCUT2D eigenvalue weighted by Crippen LogP contribution is 2.48. The van der Waals surface area contributed by atoms with E-state index in [2.05, 4.69) is 4.90 Å². The van der Waals surface area contributed by atoms with Gasteiger partial charge in [-0.15, -0.1) is 0 Å². The zero-order valence-corrected chi connectivity index (χ0v) is 16.8. The van der Waals surface area contributed by atoms with Crippen LogP contribution in [0.15, 0.2) is 24.3 Å². The summed E-state index contributed by atoms with van der Waals surface area (Å²) in [5.41, 5.74) is 1.48. The molecule has 8 heteroatoms. The van der Waals surface area contributed by atoms with Crippen LogP contribution in [0.3, 0.4) is 0 Å². The number of methoxy groups -OCH3 is 3. The van der Waals surface area contributed by atoms with E-state index < -0.39 is 0 Å². The summed E-state index contributed by atoms with van der Waals surface area (Å²) in [6, 6.07) is 6.70. The van der Waals surface area contributed by atoms with Crippen LogP contribution in [0.2, 0.25) is 0 Å². The maximum atomic E-state index is 10.9. The predicted molar refractivity (Wildman–Crippen MR) is 105 cm³/mol. The number of fused-ring (bicyclic) bond motifs is 1. The molecule has 0 amide bonds. The summed E-state index contributed by atoms with van der Waals surface area (Å²) in [6.45, 7) is 2.72. The van der Waals surface area contributed by atoms with Gasteiger partial charge in [0.2, 0.25) is 6.79 Å². The Morgan fingerprint density at radius 3 is 2.10 bits per heavy atom. The van der Waals surface area contributed by atoms with Crippen LogP contribution >= 0.6 is 0 Å². The lowest BCUT2D eigenvalue weighted by Crippen LogP contribution is -2.39. The molecule has 2 heterocycles. The highest BCUT2D eigenvalue weighted by atomic mass is 16.7. The monoisotopic (exact) mass is 403 g/mol. The molecule has 0 aliphatic carbocycles. The Morgan fingerprint density at radius 1 is 0.897 bits per heavy atom. The molecule has 0 unspecified atom stereocenters. The van der Waals surface area contributed by atoms with E-state index in [0.29, 0.717) is 60.6 Å². The highest BCUT2D eigenvalue weighted by Gasteiger charge is 2.33. The maximum Gasteiger partial charge on any atom is 0.231 e. The van der Waals surface area contributed by atoms with Crippen molar-refractivity contribution in [3.8, 4) is 34.5 Å². The molecule has 4 rings (SSSR count). The summed E-state index contributed by atoms with van der Waals surface area (Å²) >= 11 is 0. The number of phenols is 1. The zero-order valence-electron chi connectivity index (χ0n) is 16.8. The first-order valence-electron chi connectivity index (χ1n) is 9.40. The fourth-order valence-electron chi connectivity index (χ4n) is 3.84. The number of morpholine rings is 1. The summed E-state index contributed by atoms with van der Waals surface area (Å²) in [6.07, 6.45) is 0. The molecule has 2 aliphatic rings. The number of hydrogen-bond acceptors (Lipinski definition) is 8. The van der Waals surface area contributed by atoms with Gasteiger partial charge in [0, 0.05) is 36.9 Å². The summed E-state index contributed by atoms with van der Waals surface area (Å²) in [7, 11) is 4.80. The Hall–Kier alpha value is -2.84.